The predicted octanol–water partition coefficient (Wildman–Crippen LogP) is 2.10. The van der Waals surface area contributed by atoms with Crippen LogP contribution in [0.4, 0.5) is 0 Å². The van der Waals surface area contributed by atoms with Gasteiger partial charge >= 0.3 is 0 Å². The Morgan fingerprint density at radius 1 is 1.62 bits per heavy atom. The summed E-state index contributed by atoms with van der Waals surface area (Å²) in [7, 11) is 0. The second kappa shape index (κ2) is 4.67. The molecule has 1 aliphatic rings. The van der Waals surface area contributed by atoms with Gasteiger partial charge in [0.15, 0.2) is 0 Å². The van der Waals surface area contributed by atoms with Gasteiger partial charge in [-0.3, -0.25) is 4.79 Å². The van der Waals surface area contributed by atoms with Gasteiger partial charge in [-0.1, -0.05) is 6.07 Å². The van der Waals surface area contributed by atoms with Gasteiger partial charge in [0.2, 0.25) is 5.91 Å². The number of rotatable bonds is 4. The summed E-state index contributed by atoms with van der Waals surface area (Å²) in [5.41, 5.74) is -0.713. The Kier molecular flexibility index (Phi) is 3.25. The summed E-state index contributed by atoms with van der Waals surface area (Å²) in [5, 5.41) is 13.9. The van der Waals surface area contributed by atoms with Crippen molar-refractivity contribution in [1.29, 1.82) is 5.26 Å². The molecule has 1 fully saturated rings. The maximum atomic E-state index is 11.8. The van der Waals surface area contributed by atoms with Gasteiger partial charge in [-0.05, 0) is 37.1 Å². The van der Waals surface area contributed by atoms with Crippen molar-refractivity contribution in [2.45, 2.75) is 25.7 Å². The van der Waals surface area contributed by atoms with Crippen LogP contribution in [0.1, 0.15) is 24.1 Å². The Morgan fingerprint density at radius 3 is 2.94 bits per heavy atom. The van der Waals surface area contributed by atoms with Gasteiger partial charge in [0, 0.05) is 11.4 Å². The SMILES string of the molecule is N#CC1(C(=O)NCCc2cccs2)CCC1. The Morgan fingerprint density at radius 2 is 2.44 bits per heavy atom. The van der Waals surface area contributed by atoms with Crippen LogP contribution in [0, 0.1) is 16.7 Å². The molecule has 1 aromatic rings. The number of nitriles is 1. The van der Waals surface area contributed by atoms with Gasteiger partial charge in [-0.25, -0.2) is 0 Å². The van der Waals surface area contributed by atoms with Crippen molar-refractivity contribution in [1.82, 2.24) is 5.32 Å². The molecular formula is C12H14N2OS. The highest BCUT2D eigenvalue weighted by Crippen LogP contribution is 2.40. The molecule has 2 rings (SSSR count). The van der Waals surface area contributed by atoms with Crippen molar-refractivity contribution in [3.8, 4) is 6.07 Å². The highest BCUT2D eigenvalue weighted by atomic mass is 32.1. The number of nitrogens with one attached hydrogen (secondary N) is 1. The monoisotopic (exact) mass is 234 g/mol. The number of hydrogen-bond acceptors (Lipinski definition) is 3. The van der Waals surface area contributed by atoms with Crippen LogP contribution >= 0.6 is 11.3 Å². The lowest BCUT2D eigenvalue weighted by molar-refractivity contribution is -0.131. The van der Waals surface area contributed by atoms with Crippen LogP contribution in [0.15, 0.2) is 17.5 Å². The van der Waals surface area contributed by atoms with E-state index in [0.29, 0.717) is 19.4 Å². The summed E-state index contributed by atoms with van der Waals surface area (Å²) in [6, 6.07) is 6.21. The molecule has 1 amide bonds. The lowest BCUT2D eigenvalue weighted by Gasteiger charge is -2.33. The van der Waals surface area contributed by atoms with E-state index >= 15 is 0 Å². The predicted molar refractivity (Wildman–Crippen MR) is 62.9 cm³/mol. The summed E-state index contributed by atoms with van der Waals surface area (Å²) in [6.45, 7) is 0.628. The average molecular weight is 234 g/mol. The second-order valence-electron chi connectivity index (χ2n) is 4.13. The smallest absolute Gasteiger partial charge is 0.240 e. The van der Waals surface area contributed by atoms with E-state index in [1.165, 1.54) is 4.88 Å². The minimum absolute atomic E-state index is 0.0854. The van der Waals surface area contributed by atoms with E-state index in [-0.39, 0.29) is 5.91 Å². The number of thiophene rings is 1. The number of nitrogens with zero attached hydrogens (tertiary/aromatic N) is 1. The third-order valence-corrected chi connectivity index (χ3v) is 4.03. The maximum absolute atomic E-state index is 11.8. The Balaban J connectivity index is 1.78. The van der Waals surface area contributed by atoms with Crippen LogP contribution in [0.3, 0.4) is 0 Å². The Bertz CT molecular complexity index is 401. The molecule has 0 saturated heterocycles. The van der Waals surface area contributed by atoms with E-state index in [9.17, 15) is 4.79 Å². The van der Waals surface area contributed by atoms with Crippen molar-refractivity contribution < 1.29 is 4.79 Å². The highest BCUT2D eigenvalue weighted by Gasteiger charge is 2.44. The molecule has 1 saturated carbocycles. The van der Waals surface area contributed by atoms with Crippen LogP contribution in [0.5, 0.6) is 0 Å². The van der Waals surface area contributed by atoms with Crippen LogP contribution in [0.2, 0.25) is 0 Å². The number of carbonyl (C=O) groups is 1. The summed E-state index contributed by atoms with van der Waals surface area (Å²) in [4.78, 5) is 13.0. The van der Waals surface area contributed by atoms with E-state index in [0.717, 1.165) is 12.8 Å². The van der Waals surface area contributed by atoms with Gasteiger partial charge in [-0.15, -0.1) is 11.3 Å². The van der Waals surface area contributed by atoms with Crippen LogP contribution in [-0.4, -0.2) is 12.5 Å². The second-order valence-corrected chi connectivity index (χ2v) is 5.16. The fourth-order valence-electron chi connectivity index (χ4n) is 1.84. The molecule has 0 bridgehead atoms. The van der Waals surface area contributed by atoms with Crippen molar-refractivity contribution in [3.63, 3.8) is 0 Å². The quantitative estimate of drug-likeness (QED) is 0.867. The summed E-state index contributed by atoms with van der Waals surface area (Å²) in [6.07, 6.45) is 3.28. The van der Waals surface area contributed by atoms with E-state index < -0.39 is 5.41 Å². The maximum Gasteiger partial charge on any atom is 0.240 e. The summed E-state index contributed by atoms with van der Waals surface area (Å²) < 4.78 is 0. The molecular weight excluding hydrogens is 220 g/mol. The molecule has 84 valence electrons. The number of amides is 1. The first-order valence-corrected chi connectivity index (χ1v) is 6.37. The third kappa shape index (κ3) is 2.10. The minimum atomic E-state index is -0.713. The fraction of sp³-hybridized carbons (Fsp3) is 0.500. The minimum Gasteiger partial charge on any atom is -0.354 e. The number of hydrogen-bond donors (Lipinski definition) is 1. The first-order chi connectivity index (χ1) is 7.77. The van der Waals surface area contributed by atoms with Gasteiger partial charge in [0.05, 0.1) is 6.07 Å². The fourth-order valence-corrected chi connectivity index (χ4v) is 2.55. The summed E-state index contributed by atoms with van der Waals surface area (Å²) in [5.74, 6) is -0.0854. The molecule has 0 radical (unpaired) electrons. The van der Waals surface area contributed by atoms with Gasteiger partial charge < -0.3 is 5.32 Å². The molecule has 0 atom stereocenters. The molecule has 0 unspecified atom stereocenters. The standard InChI is InChI=1S/C12H14N2OS/c13-9-12(5-2-6-12)11(15)14-7-4-10-3-1-8-16-10/h1,3,8H,2,4-7H2,(H,14,15). The van der Waals surface area contributed by atoms with E-state index in [2.05, 4.69) is 17.5 Å². The molecule has 1 heterocycles. The lowest BCUT2D eigenvalue weighted by Crippen LogP contribution is -2.45. The molecule has 1 aliphatic carbocycles. The van der Waals surface area contributed by atoms with Gasteiger partial charge in [-0.2, -0.15) is 5.26 Å². The molecule has 0 spiro atoms. The molecule has 1 N–H and O–H groups in total. The zero-order valence-corrected chi connectivity index (χ0v) is 9.85. The zero-order chi connectivity index (χ0) is 11.4. The van der Waals surface area contributed by atoms with E-state index in [1.54, 1.807) is 11.3 Å². The molecule has 16 heavy (non-hydrogen) atoms. The highest BCUT2D eigenvalue weighted by molar-refractivity contribution is 7.09. The molecule has 0 aromatic carbocycles. The molecule has 3 nitrogen and oxygen atoms in total. The third-order valence-electron chi connectivity index (χ3n) is 3.09. The van der Waals surface area contributed by atoms with Crippen LogP contribution < -0.4 is 5.32 Å². The van der Waals surface area contributed by atoms with Gasteiger partial charge in [0.25, 0.3) is 0 Å². The molecule has 0 aliphatic heterocycles. The molecule has 1 aromatic heterocycles. The first-order valence-electron chi connectivity index (χ1n) is 5.49. The normalized spacial score (nSPS) is 17.2. The van der Waals surface area contributed by atoms with Gasteiger partial charge in [0.1, 0.15) is 5.41 Å². The Hall–Kier alpha value is -1.34. The largest absolute Gasteiger partial charge is 0.354 e. The topological polar surface area (TPSA) is 52.9 Å². The van der Waals surface area contributed by atoms with Crippen molar-refractivity contribution in [2.75, 3.05) is 6.54 Å². The lowest BCUT2D eigenvalue weighted by atomic mass is 9.69. The van der Waals surface area contributed by atoms with Crippen molar-refractivity contribution in [3.05, 3.63) is 22.4 Å². The number of carbonyl (C=O) groups excluding carboxylic acids is 1. The first kappa shape index (κ1) is 11.2. The van der Waals surface area contributed by atoms with E-state index in [4.69, 9.17) is 5.26 Å². The van der Waals surface area contributed by atoms with Crippen LogP contribution in [0.25, 0.3) is 0 Å². The average Bonchev–Trinajstić information content (AvgIpc) is 2.70. The van der Waals surface area contributed by atoms with Crippen molar-refractivity contribution >= 4 is 17.2 Å². The van der Waals surface area contributed by atoms with E-state index in [1.807, 2.05) is 11.4 Å². The van der Waals surface area contributed by atoms with Crippen LogP contribution in [-0.2, 0) is 11.2 Å². The summed E-state index contributed by atoms with van der Waals surface area (Å²) >= 11 is 1.69. The zero-order valence-electron chi connectivity index (χ0n) is 9.03. The van der Waals surface area contributed by atoms with Crippen molar-refractivity contribution in [2.24, 2.45) is 5.41 Å². The Labute approximate surface area is 99.1 Å². The molecule has 4 heteroatoms.